The summed E-state index contributed by atoms with van der Waals surface area (Å²) in [6.45, 7) is 1.99. The van der Waals surface area contributed by atoms with E-state index >= 15 is 0 Å². The van der Waals surface area contributed by atoms with E-state index in [0.717, 1.165) is 30.5 Å². The van der Waals surface area contributed by atoms with Gasteiger partial charge in [-0.1, -0.05) is 0 Å². The molecule has 2 fully saturated rings. The molecule has 4 rings (SSSR count). The Bertz CT molecular complexity index is 979. The number of amides is 2. The van der Waals surface area contributed by atoms with Gasteiger partial charge in [0.1, 0.15) is 0 Å². The molecule has 0 spiro atoms. The highest BCUT2D eigenvalue weighted by Gasteiger charge is 2.57. The van der Waals surface area contributed by atoms with Crippen LogP contribution in [0.1, 0.15) is 43.4 Å². The largest absolute Gasteiger partial charge is 0.481 e. The molecule has 3 heterocycles. The molecule has 10 heteroatoms. The van der Waals surface area contributed by atoms with Gasteiger partial charge in [-0.05, 0) is 43.7 Å². The lowest BCUT2D eigenvalue weighted by Gasteiger charge is -2.56. The summed E-state index contributed by atoms with van der Waals surface area (Å²) in [4.78, 5) is 29.2. The van der Waals surface area contributed by atoms with Gasteiger partial charge in [0.25, 0.3) is 0 Å². The van der Waals surface area contributed by atoms with Gasteiger partial charge in [-0.25, -0.2) is 9.78 Å². The quantitative estimate of drug-likeness (QED) is 0.550. The van der Waals surface area contributed by atoms with Crippen molar-refractivity contribution in [2.75, 3.05) is 19.0 Å². The number of pyridine rings is 1. The lowest BCUT2D eigenvalue weighted by atomic mass is 9.72. The molecule has 31 heavy (non-hydrogen) atoms. The van der Waals surface area contributed by atoms with Crippen molar-refractivity contribution >= 4 is 17.8 Å². The predicted molar refractivity (Wildman–Crippen MR) is 111 cm³/mol. The van der Waals surface area contributed by atoms with Crippen LogP contribution < -0.4 is 10.1 Å². The van der Waals surface area contributed by atoms with E-state index in [1.54, 1.807) is 18.3 Å². The molecule has 2 aliphatic rings. The van der Waals surface area contributed by atoms with Gasteiger partial charge in [0.2, 0.25) is 11.8 Å². The standard InChI is InChI=1S/C21H27N5O5/c1-21(16(27)11-26(21)20(29)30)14-4-3-13(9-14)15-10-17(25-24-15)23-18(28)7-12-5-6-22-19(8-12)31-2/h5-6,8,10,13-14,16,27H,3-4,7,9,11H2,1-2H3,(H,29,30)(H2,23,24,25,28)/t13?,14?,16-,21+/m1/s1. The van der Waals surface area contributed by atoms with Gasteiger partial charge >= 0.3 is 6.09 Å². The third-order valence-corrected chi connectivity index (χ3v) is 6.78. The molecule has 10 nitrogen and oxygen atoms in total. The van der Waals surface area contributed by atoms with Crippen molar-refractivity contribution < 1.29 is 24.5 Å². The number of rotatable bonds is 6. The zero-order chi connectivity index (χ0) is 22.2. The molecule has 1 aliphatic carbocycles. The molecular formula is C21H27N5O5. The Hall–Kier alpha value is -3.14. The van der Waals surface area contributed by atoms with Crippen LogP contribution in [0.3, 0.4) is 0 Å². The molecule has 4 N–H and O–H groups in total. The summed E-state index contributed by atoms with van der Waals surface area (Å²) < 4.78 is 5.07. The second kappa shape index (κ2) is 8.18. The Balaban J connectivity index is 1.36. The molecule has 0 aromatic carbocycles. The molecule has 0 radical (unpaired) electrons. The topological polar surface area (TPSA) is 141 Å². The number of likely N-dealkylation sites (tertiary alicyclic amines) is 1. The number of carbonyl (C=O) groups is 2. The van der Waals surface area contributed by atoms with Crippen LogP contribution in [0.4, 0.5) is 10.6 Å². The highest BCUT2D eigenvalue weighted by atomic mass is 16.5. The highest BCUT2D eigenvalue weighted by molar-refractivity contribution is 5.91. The summed E-state index contributed by atoms with van der Waals surface area (Å²) in [6.07, 6.45) is 2.58. The number of methoxy groups -OCH3 is 1. The van der Waals surface area contributed by atoms with Crippen LogP contribution in [-0.4, -0.2) is 67.6 Å². The predicted octanol–water partition coefficient (Wildman–Crippen LogP) is 1.99. The third-order valence-electron chi connectivity index (χ3n) is 6.78. The van der Waals surface area contributed by atoms with Crippen LogP contribution in [0.25, 0.3) is 0 Å². The maximum Gasteiger partial charge on any atom is 0.407 e. The van der Waals surface area contributed by atoms with E-state index in [9.17, 15) is 19.8 Å². The number of ether oxygens (including phenoxy) is 1. The highest BCUT2D eigenvalue weighted by Crippen LogP contribution is 2.49. The number of carboxylic acid groups (broad SMARTS) is 1. The number of anilines is 1. The first-order valence-electron chi connectivity index (χ1n) is 10.3. The first-order chi connectivity index (χ1) is 14.8. The second-order valence-electron chi connectivity index (χ2n) is 8.48. The second-order valence-corrected chi connectivity index (χ2v) is 8.48. The van der Waals surface area contributed by atoms with Gasteiger partial charge in [-0.2, -0.15) is 5.10 Å². The minimum Gasteiger partial charge on any atom is -0.481 e. The van der Waals surface area contributed by atoms with E-state index in [2.05, 4.69) is 20.5 Å². The van der Waals surface area contributed by atoms with Gasteiger partial charge in [-0.15, -0.1) is 0 Å². The molecular weight excluding hydrogens is 402 g/mol. The van der Waals surface area contributed by atoms with Crippen molar-refractivity contribution in [3.8, 4) is 5.88 Å². The number of aliphatic hydroxyl groups excluding tert-OH is 1. The lowest BCUT2D eigenvalue weighted by Crippen LogP contribution is -2.73. The Morgan fingerprint density at radius 2 is 2.19 bits per heavy atom. The molecule has 2 amide bonds. The van der Waals surface area contributed by atoms with E-state index < -0.39 is 17.7 Å². The fraction of sp³-hybridized carbons (Fsp3) is 0.524. The number of nitrogens with one attached hydrogen (secondary N) is 2. The Labute approximate surface area is 179 Å². The van der Waals surface area contributed by atoms with E-state index in [-0.39, 0.29) is 30.7 Å². The number of nitrogens with zero attached hydrogens (tertiary/aromatic N) is 3. The van der Waals surface area contributed by atoms with Crippen LogP contribution in [-0.2, 0) is 11.2 Å². The lowest BCUT2D eigenvalue weighted by molar-refractivity contribution is -0.136. The van der Waals surface area contributed by atoms with Crippen LogP contribution in [0, 0.1) is 5.92 Å². The molecule has 2 aromatic rings. The molecule has 166 valence electrons. The van der Waals surface area contributed by atoms with Crippen molar-refractivity contribution in [3.63, 3.8) is 0 Å². The van der Waals surface area contributed by atoms with Gasteiger partial charge < -0.3 is 20.3 Å². The molecule has 0 bridgehead atoms. The average molecular weight is 429 g/mol. The number of H-pyrrole nitrogens is 1. The van der Waals surface area contributed by atoms with Crippen LogP contribution in [0.5, 0.6) is 5.88 Å². The molecule has 4 atom stereocenters. The maximum atomic E-state index is 12.4. The van der Waals surface area contributed by atoms with E-state index in [0.29, 0.717) is 11.7 Å². The van der Waals surface area contributed by atoms with Crippen LogP contribution in [0.15, 0.2) is 24.4 Å². The van der Waals surface area contributed by atoms with E-state index in [1.165, 1.54) is 12.0 Å². The number of aromatic nitrogens is 3. The average Bonchev–Trinajstić information content (AvgIpc) is 3.40. The van der Waals surface area contributed by atoms with Crippen LogP contribution in [0.2, 0.25) is 0 Å². The summed E-state index contributed by atoms with van der Waals surface area (Å²) in [5.74, 6) is 0.951. The number of aromatic amines is 1. The molecule has 1 saturated heterocycles. The van der Waals surface area contributed by atoms with Gasteiger partial charge in [-0.3, -0.25) is 14.8 Å². The zero-order valence-electron chi connectivity index (χ0n) is 17.5. The monoisotopic (exact) mass is 429 g/mol. The minimum absolute atomic E-state index is 0.0698. The fourth-order valence-corrected chi connectivity index (χ4v) is 4.85. The van der Waals surface area contributed by atoms with Crippen molar-refractivity contribution in [3.05, 3.63) is 35.7 Å². The normalized spacial score (nSPS) is 27.6. The third kappa shape index (κ3) is 3.95. The molecule has 2 unspecified atom stereocenters. The van der Waals surface area contributed by atoms with Crippen molar-refractivity contribution in [1.29, 1.82) is 0 Å². The smallest absolute Gasteiger partial charge is 0.407 e. The summed E-state index contributed by atoms with van der Waals surface area (Å²) in [5.41, 5.74) is 0.945. The Morgan fingerprint density at radius 1 is 1.39 bits per heavy atom. The van der Waals surface area contributed by atoms with Gasteiger partial charge in [0.05, 0.1) is 31.7 Å². The van der Waals surface area contributed by atoms with Crippen molar-refractivity contribution in [2.24, 2.45) is 5.92 Å². The number of aliphatic hydroxyl groups is 1. The molecule has 1 saturated carbocycles. The number of β-amino-alcohol motifs (C(OH)–C–C–N with tert-alkyl or cyclic N) is 1. The van der Waals surface area contributed by atoms with Crippen LogP contribution >= 0.6 is 0 Å². The fourth-order valence-electron chi connectivity index (χ4n) is 4.85. The number of carbonyl (C=O) groups excluding carboxylic acids is 1. The van der Waals surface area contributed by atoms with E-state index in [4.69, 9.17) is 4.74 Å². The van der Waals surface area contributed by atoms with E-state index in [1.807, 2.05) is 13.0 Å². The van der Waals surface area contributed by atoms with Gasteiger partial charge in [0.15, 0.2) is 5.82 Å². The summed E-state index contributed by atoms with van der Waals surface area (Å²) >= 11 is 0. The van der Waals surface area contributed by atoms with Gasteiger partial charge in [0, 0.05) is 29.9 Å². The van der Waals surface area contributed by atoms with Crippen molar-refractivity contribution in [1.82, 2.24) is 20.1 Å². The molecule has 2 aromatic heterocycles. The summed E-state index contributed by atoms with van der Waals surface area (Å²) in [7, 11) is 1.52. The summed E-state index contributed by atoms with van der Waals surface area (Å²) in [5, 5.41) is 29.7. The number of hydrogen-bond donors (Lipinski definition) is 4. The molecule has 1 aliphatic heterocycles. The Morgan fingerprint density at radius 3 is 2.90 bits per heavy atom. The first kappa shape index (κ1) is 21.1. The maximum absolute atomic E-state index is 12.4. The first-order valence-corrected chi connectivity index (χ1v) is 10.3. The zero-order valence-corrected chi connectivity index (χ0v) is 17.5. The SMILES string of the molecule is COc1cc(CC(=O)Nc2cc(C3CCC([C@@]4(C)[C@H](O)CN4C(=O)O)C3)[nH]n2)ccn1. The van der Waals surface area contributed by atoms with Crippen molar-refractivity contribution in [2.45, 2.75) is 50.2 Å². The minimum atomic E-state index is -0.991. The Kier molecular flexibility index (Phi) is 5.57. The summed E-state index contributed by atoms with van der Waals surface area (Å²) in [6, 6.07) is 5.29. The number of hydrogen-bond acceptors (Lipinski definition) is 6.